The summed E-state index contributed by atoms with van der Waals surface area (Å²) in [6.45, 7) is 3.75. The fraction of sp³-hybridized carbons (Fsp3) is 0.400. The summed E-state index contributed by atoms with van der Waals surface area (Å²) in [6, 6.07) is 9.11. The lowest BCUT2D eigenvalue weighted by atomic mass is 10.3. The topological polar surface area (TPSA) is 38.8 Å². The molecule has 1 aromatic carbocycles. The first kappa shape index (κ1) is 10.7. The second kappa shape index (κ2) is 4.35. The van der Waals surface area contributed by atoms with Crippen molar-refractivity contribution in [3.8, 4) is 5.75 Å². The third-order valence-corrected chi connectivity index (χ3v) is 4.41. The van der Waals surface area contributed by atoms with Crippen LogP contribution in [0.25, 0.3) is 0 Å². The molecule has 0 N–H and O–H groups in total. The lowest BCUT2D eigenvalue weighted by Gasteiger charge is -2.20. The number of rotatable bonds is 3. The predicted octanol–water partition coefficient (Wildman–Crippen LogP) is 2.53. The minimum atomic E-state index is -3.07. The van der Waals surface area contributed by atoms with E-state index >= 15 is 0 Å². The summed E-state index contributed by atoms with van der Waals surface area (Å²) in [5, 5.41) is 0. The Hall–Kier alpha value is -0.830. The van der Waals surface area contributed by atoms with Gasteiger partial charge < -0.3 is 4.52 Å². The molecule has 0 radical (unpaired) electrons. The second-order valence-electron chi connectivity index (χ2n) is 3.25. The molecule has 1 atom stereocenters. The molecule has 0 spiro atoms. The molecular weight excluding hydrogens is 213 g/mol. The maximum absolute atomic E-state index is 12.2. The van der Waals surface area contributed by atoms with Crippen molar-refractivity contribution < 1.29 is 13.6 Å². The Morgan fingerprint density at radius 1 is 1.47 bits per heavy atom. The Morgan fingerprint density at radius 2 is 2.20 bits per heavy atom. The van der Waals surface area contributed by atoms with Crippen LogP contribution in [0.2, 0.25) is 0 Å². The summed E-state index contributed by atoms with van der Waals surface area (Å²) < 4.78 is 24.6. The first-order chi connectivity index (χ1) is 7.24. The Kier molecular flexibility index (Phi) is 3.10. The van der Waals surface area contributed by atoms with Gasteiger partial charge >= 0.3 is 7.75 Å². The Labute approximate surface area is 89.4 Å². The van der Waals surface area contributed by atoms with E-state index in [1.807, 2.05) is 25.1 Å². The van der Waals surface area contributed by atoms with Crippen LogP contribution in [0.1, 0.15) is 6.92 Å². The van der Waals surface area contributed by atoms with E-state index in [4.69, 9.17) is 9.05 Å². The number of nitrogens with zero attached hydrogens (tertiary/aromatic N) is 1. The highest BCUT2D eigenvalue weighted by atomic mass is 31.2. The van der Waals surface area contributed by atoms with Crippen LogP contribution in [-0.4, -0.2) is 24.4 Å². The van der Waals surface area contributed by atoms with Crippen molar-refractivity contribution in [2.24, 2.45) is 0 Å². The lowest BCUT2D eigenvalue weighted by Crippen LogP contribution is -2.17. The van der Waals surface area contributed by atoms with Crippen molar-refractivity contribution in [2.75, 3.05) is 19.7 Å². The van der Waals surface area contributed by atoms with Crippen LogP contribution < -0.4 is 4.52 Å². The van der Waals surface area contributed by atoms with E-state index < -0.39 is 7.75 Å². The minimum absolute atomic E-state index is 0.470. The zero-order valence-corrected chi connectivity index (χ0v) is 9.52. The quantitative estimate of drug-likeness (QED) is 0.744. The molecule has 0 saturated carbocycles. The van der Waals surface area contributed by atoms with Crippen LogP contribution in [0.4, 0.5) is 0 Å². The van der Waals surface area contributed by atoms with Gasteiger partial charge in [-0.1, -0.05) is 25.1 Å². The maximum Gasteiger partial charge on any atom is 0.461 e. The number of benzene rings is 1. The van der Waals surface area contributed by atoms with Crippen LogP contribution in [0.5, 0.6) is 5.75 Å². The summed E-state index contributed by atoms with van der Waals surface area (Å²) in [5.41, 5.74) is 0. The molecule has 0 aromatic heterocycles. The normalized spacial score (nSPS) is 26.7. The van der Waals surface area contributed by atoms with Gasteiger partial charge in [0.2, 0.25) is 0 Å². The molecule has 0 aliphatic carbocycles. The molecule has 2 rings (SSSR count). The molecule has 5 heteroatoms. The number of hydrogen-bond acceptors (Lipinski definition) is 3. The molecule has 1 saturated heterocycles. The van der Waals surface area contributed by atoms with Crippen LogP contribution in [0.15, 0.2) is 30.3 Å². The van der Waals surface area contributed by atoms with Crippen molar-refractivity contribution in [1.82, 2.24) is 4.67 Å². The highest BCUT2D eigenvalue weighted by molar-refractivity contribution is 7.51. The third kappa shape index (κ3) is 2.23. The first-order valence-electron chi connectivity index (χ1n) is 4.99. The van der Waals surface area contributed by atoms with E-state index in [9.17, 15) is 4.57 Å². The fourth-order valence-electron chi connectivity index (χ4n) is 1.50. The maximum atomic E-state index is 12.2. The number of para-hydroxylation sites is 1. The smallest absolute Gasteiger partial charge is 0.413 e. The van der Waals surface area contributed by atoms with Crippen molar-refractivity contribution in [2.45, 2.75) is 6.92 Å². The summed E-state index contributed by atoms with van der Waals surface area (Å²) in [4.78, 5) is 0. The van der Waals surface area contributed by atoms with Gasteiger partial charge in [0.25, 0.3) is 0 Å². The van der Waals surface area contributed by atoms with E-state index in [1.165, 1.54) is 0 Å². The molecule has 15 heavy (non-hydrogen) atoms. The molecule has 1 fully saturated rings. The number of likely N-dealkylation sites (N-methyl/N-ethyl adjacent to an activating group) is 1. The van der Waals surface area contributed by atoms with Crippen molar-refractivity contribution in [3.05, 3.63) is 30.3 Å². The molecule has 1 aromatic rings. The zero-order chi connectivity index (χ0) is 10.7. The summed E-state index contributed by atoms with van der Waals surface area (Å²) in [7, 11) is -3.07. The Balaban J connectivity index is 2.14. The van der Waals surface area contributed by atoms with Gasteiger partial charge in [-0.25, -0.2) is 4.57 Å². The van der Waals surface area contributed by atoms with E-state index in [0.29, 0.717) is 25.4 Å². The van der Waals surface area contributed by atoms with Crippen LogP contribution >= 0.6 is 7.75 Å². The first-order valence-corrected chi connectivity index (χ1v) is 6.49. The Morgan fingerprint density at radius 3 is 2.87 bits per heavy atom. The highest BCUT2D eigenvalue weighted by Gasteiger charge is 2.39. The zero-order valence-electron chi connectivity index (χ0n) is 8.63. The second-order valence-corrected chi connectivity index (χ2v) is 5.20. The summed E-state index contributed by atoms with van der Waals surface area (Å²) >= 11 is 0. The largest absolute Gasteiger partial charge is 0.461 e. The number of hydrogen-bond donors (Lipinski definition) is 0. The molecule has 1 aliphatic rings. The molecule has 4 nitrogen and oxygen atoms in total. The average Bonchev–Trinajstić information content (AvgIpc) is 2.60. The van der Waals surface area contributed by atoms with Crippen LogP contribution in [0, 0.1) is 0 Å². The SMILES string of the molecule is CCN1CCOP1(=O)Oc1ccccc1. The molecule has 0 bridgehead atoms. The van der Waals surface area contributed by atoms with Crippen molar-refractivity contribution in [1.29, 1.82) is 0 Å². The van der Waals surface area contributed by atoms with E-state index in [0.717, 1.165) is 0 Å². The molecule has 1 heterocycles. The van der Waals surface area contributed by atoms with Crippen LogP contribution in [0.3, 0.4) is 0 Å². The van der Waals surface area contributed by atoms with Gasteiger partial charge in [-0.05, 0) is 12.1 Å². The highest BCUT2D eigenvalue weighted by Crippen LogP contribution is 2.54. The molecular formula is C10H14NO3P. The van der Waals surface area contributed by atoms with Gasteiger partial charge in [0.05, 0.1) is 6.61 Å². The summed E-state index contributed by atoms with van der Waals surface area (Å²) in [5.74, 6) is 0.584. The van der Waals surface area contributed by atoms with E-state index in [-0.39, 0.29) is 0 Å². The Bertz CT molecular complexity index is 368. The standard InChI is InChI=1S/C10H14NO3P/c1-2-11-8-9-13-15(11,12)14-10-6-4-3-5-7-10/h3-7H,2,8-9H2,1H3. The van der Waals surface area contributed by atoms with Gasteiger partial charge in [0.1, 0.15) is 5.75 Å². The third-order valence-electron chi connectivity index (χ3n) is 2.28. The van der Waals surface area contributed by atoms with Gasteiger partial charge in [-0.2, -0.15) is 4.67 Å². The molecule has 1 unspecified atom stereocenters. The van der Waals surface area contributed by atoms with E-state index in [2.05, 4.69) is 0 Å². The molecule has 82 valence electrons. The van der Waals surface area contributed by atoms with Gasteiger partial charge in [-0.3, -0.25) is 4.52 Å². The van der Waals surface area contributed by atoms with Crippen molar-refractivity contribution >= 4 is 7.75 Å². The summed E-state index contributed by atoms with van der Waals surface area (Å²) in [6.07, 6.45) is 0. The van der Waals surface area contributed by atoms with E-state index in [1.54, 1.807) is 16.8 Å². The van der Waals surface area contributed by atoms with Gasteiger partial charge in [-0.15, -0.1) is 0 Å². The fourth-order valence-corrected chi connectivity index (χ4v) is 3.20. The monoisotopic (exact) mass is 227 g/mol. The average molecular weight is 227 g/mol. The van der Waals surface area contributed by atoms with Gasteiger partial charge in [0, 0.05) is 13.1 Å². The minimum Gasteiger partial charge on any atom is -0.413 e. The van der Waals surface area contributed by atoms with Crippen LogP contribution in [-0.2, 0) is 9.09 Å². The predicted molar refractivity (Wildman–Crippen MR) is 57.9 cm³/mol. The van der Waals surface area contributed by atoms with Gasteiger partial charge in [0.15, 0.2) is 0 Å². The molecule has 1 aliphatic heterocycles. The van der Waals surface area contributed by atoms with Crippen molar-refractivity contribution in [3.63, 3.8) is 0 Å². The molecule has 0 amide bonds. The lowest BCUT2D eigenvalue weighted by molar-refractivity contribution is 0.296.